The van der Waals surface area contributed by atoms with Gasteiger partial charge in [0.2, 0.25) is 6.41 Å². The molecule has 7 heteroatoms. The highest BCUT2D eigenvalue weighted by Crippen LogP contribution is 2.44. The average Bonchev–Trinajstić information content (AvgIpc) is 3.01. The van der Waals surface area contributed by atoms with Crippen molar-refractivity contribution in [3.8, 4) is 6.07 Å². The van der Waals surface area contributed by atoms with Gasteiger partial charge in [0.1, 0.15) is 4.88 Å². The van der Waals surface area contributed by atoms with Gasteiger partial charge in [-0.3, -0.25) is 14.6 Å². The Hall–Kier alpha value is -1.94. The van der Waals surface area contributed by atoms with Crippen molar-refractivity contribution >= 4 is 23.7 Å². The van der Waals surface area contributed by atoms with E-state index in [9.17, 15) is 14.9 Å². The first-order chi connectivity index (χ1) is 11.4. The minimum absolute atomic E-state index is 0.0656. The Kier molecular flexibility index (Phi) is 4.35. The van der Waals surface area contributed by atoms with Crippen LogP contribution in [0.5, 0.6) is 0 Å². The maximum atomic E-state index is 12.3. The Balaban J connectivity index is 0.000000290. The van der Waals surface area contributed by atoms with Crippen LogP contribution in [0.4, 0.5) is 0 Å². The Morgan fingerprint density at radius 3 is 2.54 bits per heavy atom. The van der Waals surface area contributed by atoms with Crippen molar-refractivity contribution < 1.29 is 9.59 Å². The molecule has 2 saturated heterocycles. The van der Waals surface area contributed by atoms with E-state index in [0.717, 1.165) is 11.8 Å². The zero-order valence-corrected chi connectivity index (χ0v) is 14.9. The summed E-state index contributed by atoms with van der Waals surface area (Å²) >= 11 is 1.31. The van der Waals surface area contributed by atoms with E-state index < -0.39 is 0 Å². The second-order valence-electron chi connectivity index (χ2n) is 7.77. The van der Waals surface area contributed by atoms with Gasteiger partial charge >= 0.3 is 0 Å². The lowest BCUT2D eigenvalue weighted by Crippen LogP contribution is -2.59. The molecule has 0 bridgehead atoms. The van der Waals surface area contributed by atoms with E-state index >= 15 is 0 Å². The molecule has 0 aromatic carbocycles. The van der Waals surface area contributed by atoms with E-state index in [1.54, 1.807) is 21.5 Å². The zero-order valence-electron chi connectivity index (χ0n) is 14.1. The summed E-state index contributed by atoms with van der Waals surface area (Å²) in [5.74, 6) is -0.259. The lowest BCUT2D eigenvalue weighted by molar-refractivity contribution is -0.129. The minimum Gasteiger partial charge on any atom is -0.344 e. The number of hydrogen-bond acceptors (Lipinski definition) is 5. The summed E-state index contributed by atoms with van der Waals surface area (Å²) in [7, 11) is 0. The van der Waals surface area contributed by atoms with Crippen LogP contribution in [-0.2, 0) is 4.79 Å². The molecule has 1 saturated carbocycles. The summed E-state index contributed by atoms with van der Waals surface area (Å²) < 4.78 is 0. The SMILES string of the molecule is CC1(C)CC1.N#CC1CN(C(=O)c2cncs2)CC12CN(C=O)C2. The molecule has 4 rings (SSSR count). The van der Waals surface area contributed by atoms with Crippen LogP contribution in [0.15, 0.2) is 11.7 Å². The van der Waals surface area contributed by atoms with E-state index in [2.05, 4.69) is 24.9 Å². The lowest BCUT2D eigenvalue weighted by Gasteiger charge is -2.47. The molecule has 0 N–H and O–H groups in total. The molecule has 3 heterocycles. The predicted molar refractivity (Wildman–Crippen MR) is 90.2 cm³/mol. The fourth-order valence-corrected chi connectivity index (χ4v) is 3.77. The summed E-state index contributed by atoms with van der Waals surface area (Å²) in [5.41, 5.74) is 2.15. The van der Waals surface area contributed by atoms with Crippen LogP contribution >= 0.6 is 11.3 Å². The first-order valence-electron chi connectivity index (χ1n) is 8.16. The van der Waals surface area contributed by atoms with Crippen molar-refractivity contribution in [1.82, 2.24) is 14.8 Å². The van der Waals surface area contributed by atoms with Crippen molar-refractivity contribution in [1.29, 1.82) is 5.26 Å². The molecule has 2 amide bonds. The van der Waals surface area contributed by atoms with E-state index in [4.69, 9.17) is 0 Å². The number of carbonyl (C=O) groups excluding carboxylic acids is 2. The number of rotatable bonds is 2. The molecule has 1 unspecified atom stereocenters. The van der Waals surface area contributed by atoms with E-state index in [0.29, 0.717) is 31.1 Å². The van der Waals surface area contributed by atoms with Crippen molar-refractivity contribution in [2.45, 2.75) is 26.7 Å². The van der Waals surface area contributed by atoms with Gasteiger partial charge in [0.25, 0.3) is 5.91 Å². The van der Waals surface area contributed by atoms with Crippen LogP contribution in [0.1, 0.15) is 36.4 Å². The number of likely N-dealkylation sites (tertiary alicyclic amines) is 2. The third-order valence-electron chi connectivity index (χ3n) is 5.17. The number of nitriles is 1. The normalized spacial score (nSPS) is 25.3. The fourth-order valence-electron chi connectivity index (χ4n) is 3.19. The molecular formula is C17H22N4O2S. The molecule has 3 fully saturated rings. The monoisotopic (exact) mass is 346 g/mol. The predicted octanol–water partition coefficient (Wildman–Crippen LogP) is 2.00. The van der Waals surface area contributed by atoms with E-state index in [1.807, 2.05) is 0 Å². The summed E-state index contributed by atoms with van der Waals surface area (Å²) in [6.45, 7) is 6.73. The molecule has 128 valence electrons. The molecule has 1 aromatic heterocycles. The fraction of sp³-hybridized carbons (Fsp3) is 0.647. The minimum atomic E-state index is -0.226. The number of carbonyl (C=O) groups is 2. The van der Waals surface area contributed by atoms with Crippen molar-refractivity contribution in [2.24, 2.45) is 16.7 Å². The third kappa shape index (κ3) is 3.29. The Bertz CT molecular complexity index is 653. The van der Waals surface area contributed by atoms with Crippen LogP contribution in [-0.4, -0.2) is 53.3 Å². The number of nitrogens with zero attached hydrogens (tertiary/aromatic N) is 4. The molecule has 0 radical (unpaired) electrons. The van der Waals surface area contributed by atoms with Gasteiger partial charge in [0.05, 0.1) is 23.7 Å². The molecule has 6 nitrogen and oxygen atoms in total. The summed E-state index contributed by atoms with van der Waals surface area (Å²) in [4.78, 5) is 30.8. The second-order valence-corrected chi connectivity index (χ2v) is 8.66. The number of hydrogen-bond donors (Lipinski definition) is 0. The van der Waals surface area contributed by atoms with Crippen LogP contribution in [0, 0.1) is 28.1 Å². The lowest BCUT2D eigenvalue weighted by atomic mass is 9.72. The van der Waals surface area contributed by atoms with Crippen LogP contribution in [0.2, 0.25) is 0 Å². The first kappa shape index (κ1) is 16.9. The Morgan fingerprint density at radius 2 is 2.08 bits per heavy atom. The van der Waals surface area contributed by atoms with E-state index in [-0.39, 0.29) is 17.2 Å². The van der Waals surface area contributed by atoms with E-state index in [1.165, 1.54) is 24.2 Å². The second kappa shape index (κ2) is 6.17. The number of thiazole rings is 1. The van der Waals surface area contributed by atoms with Crippen LogP contribution < -0.4 is 0 Å². The molecule has 1 atom stereocenters. The van der Waals surface area contributed by atoms with Gasteiger partial charge in [0, 0.05) is 31.6 Å². The largest absolute Gasteiger partial charge is 0.344 e. The number of amides is 2. The molecular weight excluding hydrogens is 324 g/mol. The Morgan fingerprint density at radius 1 is 1.42 bits per heavy atom. The summed E-state index contributed by atoms with van der Waals surface area (Å²) in [5, 5.41) is 9.25. The maximum Gasteiger partial charge on any atom is 0.265 e. The van der Waals surface area contributed by atoms with Gasteiger partial charge < -0.3 is 9.80 Å². The number of aromatic nitrogens is 1. The van der Waals surface area contributed by atoms with Gasteiger partial charge in [-0.05, 0) is 18.3 Å². The molecule has 1 aromatic rings. The summed E-state index contributed by atoms with van der Waals surface area (Å²) in [6, 6.07) is 2.28. The van der Waals surface area contributed by atoms with Crippen molar-refractivity contribution in [3.63, 3.8) is 0 Å². The molecule has 1 aliphatic carbocycles. The van der Waals surface area contributed by atoms with Crippen LogP contribution in [0.3, 0.4) is 0 Å². The molecule has 1 spiro atoms. The average molecular weight is 346 g/mol. The van der Waals surface area contributed by atoms with Gasteiger partial charge in [0.15, 0.2) is 0 Å². The molecule has 3 aliphatic rings. The Labute approximate surface area is 146 Å². The summed E-state index contributed by atoms with van der Waals surface area (Å²) in [6.07, 6.45) is 5.26. The standard InChI is InChI=1S/C12H12N4O2S.C5H10/c13-1-9-3-16(11(18)10-2-14-7-19-10)6-12(9)4-15(5-12)8-17;1-5(2)3-4-5/h2,7-9H,3-6H2;3-4H2,1-2H3. The van der Waals surface area contributed by atoms with Crippen molar-refractivity contribution in [3.05, 3.63) is 16.6 Å². The third-order valence-corrected chi connectivity index (χ3v) is 5.93. The quantitative estimate of drug-likeness (QED) is 0.768. The van der Waals surface area contributed by atoms with Gasteiger partial charge in [-0.2, -0.15) is 5.26 Å². The van der Waals surface area contributed by atoms with Crippen molar-refractivity contribution in [2.75, 3.05) is 26.2 Å². The first-order valence-corrected chi connectivity index (χ1v) is 9.04. The highest BCUT2D eigenvalue weighted by Gasteiger charge is 2.55. The highest BCUT2D eigenvalue weighted by atomic mass is 32.1. The van der Waals surface area contributed by atoms with Crippen LogP contribution in [0.25, 0.3) is 0 Å². The van der Waals surface area contributed by atoms with Gasteiger partial charge in [-0.15, -0.1) is 11.3 Å². The topological polar surface area (TPSA) is 77.3 Å². The zero-order chi connectivity index (χ0) is 17.4. The smallest absolute Gasteiger partial charge is 0.265 e. The van der Waals surface area contributed by atoms with Gasteiger partial charge in [-0.1, -0.05) is 13.8 Å². The van der Waals surface area contributed by atoms with Gasteiger partial charge in [-0.25, -0.2) is 0 Å². The molecule has 2 aliphatic heterocycles. The molecule has 24 heavy (non-hydrogen) atoms. The maximum absolute atomic E-state index is 12.3. The highest BCUT2D eigenvalue weighted by molar-refractivity contribution is 7.11.